The molecule has 31 heavy (non-hydrogen) atoms. The van der Waals surface area contributed by atoms with Crippen molar-refractivity contribution < 1.29 is 9.36 Å². The van der Waals surface area contributed by atoms with Gasteiger partial charge in [-0.05, 0) is 11.6 Å². The summed E-state index contributed by atoms with van der Waals surface area (Å²) in [5.41, 5.74) is 0.746. The highest BCUT2D eigenvalue weighted by Gasteiger charge is 2.39. The summed E-state index contributed by atoms with van der Waals surface area (Å²) < 4.78 is 15.0. The number of carbonyl (C=O) groups excluding carboxylic acids is 1. The van der Waals surface area contributed by atoms with E-state index in [0.717, 1.165) is 5.56 Å². The van der Waals surface area contributed by atoms with E-state index in [0.29, 0.717) is 21.2 Å². The van der Waals surface area contributed by atoms with Gasteiger partial charge >= 0.3 is 0 Å². The first kappa shape index (κ1) is 21.3. The van der Waals surface area contributed by atoms with Crippen molar-refractivity contribution in [1.29, 1.82) is 0 Å². The van der Waals surface area contributed by atoms with Crippen LogP contribution in [-0.4, -0.2) is 5.78 Å². The number of Topliss-reactive ketones (excluding diaryl/α,β-unsaturated/α-hetero) is 1. The molecule has 2 nitrogen and oxygen atoms in total. The van der Waals surface area contributed by atoms with Crippen LogP contribution < -0.4 is 10.6 Å². The van der Waals surface area contributed by atoms with E-state index < -0.39 is 12.8 Å². The van der Waals surface area contributed by atoms with Crippen molar-refractivity contribution in [2.75, 3.05) is 0 Å². The van der Waals surface area contributed by atoms with Crippen molar-refractivity contribution in [3.05, 3.63) is 131 Å². The van der Waals surface area contributed by atoms with Crippen molar-refractivity contribution >= 4 is 35.1 Å². The number of halogens is 1. The van der Waals surface area contributed by atoms with Gasteiger partial charge in [0.2, 0.25) is 0 Å². The van der Waals surface area contributed by atoms with Crippen molar-refractivity contribution in [2.24, 2.45) is 0 Å². The lowest BCUT2D eigenvalue weighted by molar-refractivity contribution is 0.0981. The monoisotopic (exact) mass is 444 g/mol. The molecule has 0 amide bonds. The highest BCUT2D eigenvalue weighted by Crippen LogP contribution is 2.60. The summed E-state index contributed by atoms with van der Waals surface area (Å²) in [6.07, 6.45) is 0.0921. The van der Waals surface area contributed by atoms with Crippen molar-refractivity contribution in [1.82, 2.24) is 0 Å². The molecule has 4 heteroatoms. The van der Waals surface area contributed by atoms with Crippen LogP contribution in [-0.2, 0) is 4.57 Å². The van der Waals surface area contributed by atoms with Crippen LogP contribution in [0.25, 0.3) is 0 Å². The second kappa shape index (κ2) is 9.47. The van der Waals surface area contributed by atoms with E-state index in [1.807, 2.05) is 97.1 Å². The third-order valence-electron chi connectivity index (χ3n) is 5.46. The third-order valence-corrected chi connectivity index (χ3v) is 9.27. The smallest absolute Gasteiger partial charge is 0.163 e. The molecule has 0 aliphatic rings. The van der Waals surface area contributed by atoms with Gasteiger partial charge in [-0.2, -0.15) is 0 Å². The lowest BCUT2D eigenvalue weighted by Gasteiger charge is -2.29. The topological polar surface area (TPSA) is 34.1 Å². The van der Waals surface area contributed by atoms with Gasteiger partial charge in [-0.15, -0.1) is 0 Å². The van der Waals surface area contributed by atoms with Gasteiger partial charge in [-0.1, -0.05) is 121 Å². The minimum Gasteiger partial charge on any atom is -0.313 e. The molecule has 0 heterocycles. The summed E-state index contributed by atoms with van der Waals surface area (Å²) in [7, 11) is -3.26. The summed E-state index contributed by atoms with van der Waals surface area (Å²) in [5.74, 6) is -0.0578. The van der Waals surface area contributed by atoms with Crippen LogP contribution in [0.5, 0.6) is 0 Å². The summed E-state index contributed by atoms with van der Waals surface area (Å²) in [5, 5.41) is 1.94. The van der Waals surface area contributed by atoms with Crippen LogP contribution >= 0.6 is 18.7 Å². The first-order chi connectivity index (χ1) is 15.1. The molecule has 0 bridgehead atoms. The average molecular weight is 445 g/mol. The maximum Gasteiger partial charge on any atom is 0.163 e. The van der Waals surface area contributed by atoms with E-state index in [1.54, 1.807) is 18.2 Å². The highest BCUT2D eigenvalue weighted by atomic mass is 35.5. The maximum atomic E-state index is 15.0. The molecule has 0 unspecified atom stereocenters. The molecule has 0 radical (unpaired) electrons. The molecule has 154 valence electrons. The first-order valence-corrected chi connectivity index (χ1v) is 12.3. The third kappa shape index (κ3) is 4.42. The second-order valence-electron chi connectivity index (χ2n) is 7.36. The molecule has 0 N–H and O–H groups in total. The summed E-state index contributed by atoms with van der Waals surface area (Å²) in [6.45, 7) is 0. The number of carbonyl (C=O) groups is 1. The predicted octanol–water partition coefficient (Wildman–Crippen LogP) is 6.67. The molecule has 4 rings (SSSR count). The molecule has 4 aromatic carbocycles. The van der Waals surface area contributed by atoms with Crippen LogP contribution in [0.3, 0.4) is 0 Å². The molecule has 4 aromatic rings. The van der Waals surface area contributed by atoms with E-state index >= 15 is 4.57 Å². The Bertz CT molecular complexity index is 1160. The zero-order valence-corrected chi connectivity index (χ0v) is 18.5. The van der Waals surface area contributed by atoms with E-state index in [9.17, 15) is 4.79 Å². The fourth-order valence-corrected chi connectivity index (χ4v) is 7.54. The normalized spacial score (nSPS) is 12.3. The van der Waals surface area contributed by atoms with Gasteiger partial charge in [0, 0.05) is 27.6 Å². The van der Waals surface area contributed by atoms with Gasteiger partial charge in [0.15, 0.2) is 12.9 Å². The van der Waals surface area contributed by atoms with Crippen LogP contribution in [0.4, 0.5) is 0 Å². The van der Waals surface area contributed by atoms with E-state index in [-0.39, 0.29) is 12.2 Å². The van der Waals surface area contributed by atoms with E-state index in [2.05, 4.69) is 0 Å². The molecule has 0 saturated heterocycles. The Balaban J connectivity index is 1.92. The van der Waals surface area contributed by atoms with Crippen LogP contribution in [0.2, 0.25) is 5.02 Å². The van der Waals surface area contributed by atoms with Crippen LogP contribution in [0.15, 0.2) is 115 Å². The first-order valence-electron chi connectivity index (χ1n) is 10.1. The van der Waals surface area contributed by atoms with Crippen molar-refractivity contribution in [3.8, 4) is 0 Å². The van der Waals surface area contributed by atoms with Gasteiger partial charge in [0.1, 0.15) is 0 Å². The zero-order valence-electron chi connectivity index (χ0n) is 16.9. The lowest BCUT2D eigenvalue weighted by atomic mass is 10.0. The Hall–Kier alpha value is -2.93. The average Bonchev–Trinajstić information content (AvgIpc) is 2.84. The molecular weight excluding hydrogens is 423 g/mol. The Morgan fingerprint density at radius 2 is 1.13 bits per heavy atom. The van der Waals surface area contributed by atoms with Gasteiger partial charge < -0.3 is 4.57 Å². The quantitative estimate of drug-likeness (QED) is 0.236. The number of ketones is 1. The Morgan fingerprint density at radius 1 is 0.677 bits per heavy atom. The number of benzene rings is 4. The SMILES string of the molecule is O=C(C[C@H](c1ccccc1Cl)P(=O)(c1ccccc1)c1ccccc1)c1ccccc1. The molecule has 0 fully saturated rings. The lowest BCUT2D eigenvalue weighted by Crippen LogP contribution is -2.23. The van der Waals surface area contributed by atoms with E-state index in [1.165, 1.54) is 0 Å². The minimum atomic E-state index is -3.26. The summed E-state index contributed by atoms with van der Waals surface area (Å²) in [4.78, 5) is 13.3. The molecule has 0 saturated carbocycles. The highest BCUT2D eigenvalue weighted by molar-refractivity contribution is 7.79. The van der Waals surface area contributed by atoms with Gasteiger partial charge in [0.05, 0.1) is 5.66 Å². The van der Waals surface area contributed by atoms with Gasteiger partial charge in [0.25, 0.3) is 0 Å². The summed E-state index contributed by atoms with van der Waals surface area (Å²) >= 11 is 6.60. The fraction of sp³-hybridized carbons (Fsp3) is 0.0741. The molecule has 0 spiro atoms. The molecule has 0 aliphatic heterocycles. The molecule has 0 aliphatic carbocycles. The minimum absolute atomic E-state index is 0.0578. The standard InChI is InChI=1S/C27H22ClO2P/c28-25-19-11-10-18-24(25)27(20-26(29)21-12-4-1-5-13-21)31(30,22-14-6-2-7-15-22)23-16-8-3-9-17-23/h1-19,27H,20H2/t27-/m1/s1. The van der Waals surface area contributed by atoms with Crippen molar-refractivity contribution in [3.63, 3.8) is 0 Å². The fourth-order valence-electron chi connectivity index (χ4n) is 3.91. The van der Waals surface area contributed by atoms with Crippen molar-refractivity contribution in [2.45, 2.75) is 12.1 Å². The molecular formula is C27H22ClO2P. The van der Waals surface area contributed by atoms with E-state index in [4.69, 9.17) is 11.6 Å². The Morgan fingerprint density at radius 3 is 1.65 bits per heavy atom. The second-order valence-corrected chi connectivity index (χ2v) is 10.7. The largest absolute Gasteiger partial charge is 0.313 e. The van der Waals surface area contributed by atoms with Gasteiger partial charge in [-0.3, -0.25) is 4.79 Å². The molecule has 1 atom stereocenters. The van der Waals surface area contributed by atoms with Gasteiger partial charge in [-0.25, -0.2) is 0 Å². The van der Waals surface area contributed by atoms with Crippen LogP contribution in [0.1, 0.15) is 28.0 Å². The number of hydrogen-bond donors (Lipinski definition) is 0. The zero-order chi connectivity index (χ0) is 21.7. The number of rotatable bonds is 7. The van der Waals surface area contributed by atoms with Crippen LogP contribution in [0, 0.1) is 0 Å². The predicted molar refractivity (Wildman–Crippen MR) is 129 cm³/mol. The Kier molecular flexibility index (Phi) is 6.51. The summed E-state index contributed by atoms with van der Waals surface area (Å²) in [6, 6.07) is 35.4. The molecule has 0 aromatic heterocycles. The maximum absolute atomic E-state index is 15.0. The Labute approximate surface area is 187 Å². The number of hydrogen-bond acceptors (Lipinski definition) is 2.